The number of carbonyl (C=O) groups is 1. The standard InChI is InChI=1S/C5H12N2O.H3N.H2S/c1-2-3-4-7-5(6)8;;/h2-4H2,1H3,(H3,6,7,8);1H3;1H2. The van der Waals surface area contributed by atoms with E-state index in [9.17, 15) is 4.79 Å². The molecule has 0 saturated carbocycles. The molecule has 5 heteroatoms. The highest BCUT2D eigenvalue weighted by molar-refractivity contribution is 7.59. The molecule has 0 saturated heterocycles. The predicted octanol–water partition coefficient (Wildman–Crippen LogP) is 0.730. The van der Waals surface area contributed by atoms with Gasteiger partial charge in [-0.3, -0.25) is 0 Å². The predicted molar refractivity (Wildman–Crippen MR) is 47.9 cm³/mol. The number of nitrogens with two attached hydrogens (primary N) is 1. The van der Waals surface area contributed by atoms with E-state index in [2.05, 4.69) is 12.2 Å². The van der Waals surface area contributed by atoms with E-state index in [0.717, 1.165) is 12.8 Å². The third-order valence-electron chi connectivity index (χ3n) is 0.830. The fraction of sp³-hybridized carbons (Fsp3) is 0.800. The zero-order chi connectivity index (χ0) is 6.41. The van der Waals surface area contributed by atoms with Gasteiger partial charge in [-0.2, -0.15) is 13.5 Å². The van der Waals surface area contributed by atoms with Gasteiger partial charge in [0, 0.05) is 6.54 Å². The van der Waals surface area contributed by atoms with Crippen molar-refractivity contribution < 1.29 is 4.79 Å². The highest BCUT2D eigenvalue weighted by Crippen LogP contribution is 1.80. The second-order valence-electron chi connectivity index (χ2n) is 1.64. The Kier molecular flexibility index (Phi) is 18.5. The zero-order valence-electron chi connectivity index (χ0n) is 6.31. The van der Waals surface area contributed by atoms with Crippen LogP contribution < -0.4 is 17.2 Å². The maximum Gasteiger partial charge on any atom is 0.312 e. The summed E-state index contributed by atoms with van der Waals surface area (Å²) < 4.78 is 0. The van der Waals surface area contributed by atoms with Gasteiger partial charge in [-0.15, -0.1) is 0 Å². The van der Waals surface area contributed by atoms with Crippen LogP contribution in [-0.4, -0.2) is 12.6 Å². The minimum atomic E-state index is -0.432. The molecule has 0 spiro atoms. The topological polar surface area (TPSA) is 90.1 Å². The van der Waals surface area contributed by atoms with Crippen molar-refractivity contribution in [1.29, 1.82) is 0 Å². The lowest BCUT2D eigenvalue weighted by molar-refractivity contribution is 0.249. The number of amides is 2. The van der Waals surface area contributed by atoms with Crippen molar-refractivity contribution in [2.24, 2.45) is 5.73 Å². The quantitative estimate of drug-likeness (QED) is 0.541. The smallest absolute Gasteiger partial charge is 0.312 e. The molecule has 6 N–H and O–H groups in total. The number of unbranched alkanes of at least 4 members (excludes halogenated alkanes) is 1. The number of primary amides is 1. The van der Waals surface area contributed by atoms with Gasteiger partial charge in [-0.25, -0.2) is 4.79 Å². The molecule has 0 aromatic rings. The van der Waals surface area contributed by atoms with Crippen LogP contribution in [0.25, 0.3) is 0 Å². The summed E-state index contributed by atoms with van der Waals surface area (Å²) in [4.78, 5) is 9.99. The summed E-state index contributed by atoms with van der Waals surface area (Å²) >= 11 is 0. The first-order valence-electron chi connectivity index (χ1n) is 2.80. The molecule has 0 fully saturated rings. The molecule has 0 rings (SSSR count). The Morgan fingerprint density at radius 3 is 2.40 bits per heavy atom. The van der Waals surface area contributed by atoms with Crippen LogP contribution in [0.2, 0.25) is 0 Å². The molecule has 64 valence electrons. The summed E-state index contributed by atoms with van der Waals surface area (Å²) in [6.45, 7) is 2.76. The van der Waals surface area contributed by atoms with Crippen molar-refractivity contribution in [3.05, 3.63) is 0 Å². The van der Waals surface area contributed by atoms with Gasteiger partial charge in [0.25, 0.3) is 0 Å². The number of urea groups is 1. The summed E-state index contributed by atoms with van der Waals surface area (Å²) in [5, 5.41) is 2.49. The van der Waals surface area contributed by atoms with Crippen LogP contribution in [0.1, 0.15) is 19.8 Å². The van der Waals surface area contributed by atoms with E-state index in [1.807, 2.05) is 0 Å². The van der Waals surface area contributed by atoms with Crippen LogP contribution in [0.4, 0.5) is 4.79 Å². The lowest BCUT2D eigenvalue weighted by atomic mass is 10.3. The monoisotopic (exact) mass is 167 g/mol. The van der Waals surface area contributed by atoms with E-state index in [1.165, 1.54) is 0 Å². The van der Waals surface area contributed by atoms with Crippen LogP contribution in [0.3, 0.4) is 0 Å². The molecule has 0 radical (unpaired) electrons. The molecule has 0 aliphatic heterocycles. The Morgan fingerprint density at radius 1 is 1.60 bits per heavy atom. The van der Waals surface area contributed by atoms with Crippen LogP contribution in [0, 0.1) is 0 Å². The lowest BCUT2D eigenvalue weighted by Gasteiger charge is -1.96. The second kappa shape index (κ2) is 11.4. The van der Waals surface area contributed by atoms with Crippen LogP contribution in [-0.2, 0) is 0 Å². The lowest BCUT2D eigenvalue weighted by Crippen LogP contribution is -2.29. The Labute approximate surface area is 68.6 Å². The molecule has 0 aromatic carbocycles. The van der Waals surface area contributed by atoms with Gasteiger partial charge < -0.3 is 17.2 Å². The molecule has 10 heavy (non-hydrogen) atoms. The average Bonchev–Trinajstić information content (AvgIpc) is 1.66. The third kappa shape index (κ3) is 15.6. The van der Waals surface area contributed by atoms with Gasteiger partial charge in [0.2, 0.25) is 0 Å². The molecule has 0 atom stereocenters. The third-order valence-corrected chi connectivity index (χ3v) is 0.830. The van der Waals surface area contributed by atoms with E-state index in [4.69, 9.17) is 5.73 Å². The molecule has 0 aliphatic rings. The molecule has 0 bridgehead atoms. The average molecular weight is 167 g/mol. The summed E-state index contributed by atoms with van der Waals surface area (Å²) in [5.41, 5.74) is 4.78. The van der Waals surface area contributed by atoms with Crippen LogP contribution in [0.15, 0.2) is 0 Å². The van der Waals surface area contributed by atoms with Crippen LogP contribution in [0.5, 0.6) is 0 Å². The van der Waals surface area contributed by atoms with Crippen molar-refractivity contribution in [2.75, 3.05) is 6.54 Å². The molecule has 0 aromatic heterocycles. The molecule has 0 aliphatic carbocycles. The normalized spacial score (nSPS) is 6.90. The zero-order valence-corrected chi connectivity index (χ0v) is 7.31. The molecular formula is C5H17N3OS. The van der Waals surface area contributed by atoms with Crippen molar-refractivity contribution >= 4 is 19.5 Å². The van der Waals surface area contributed by atoms with Gasteiger partial charge in [0.1, 0.15) is 0 Å². The van der Waals surface area contributed by atoms with Gasteiger partial charge in [-0.05, 0) is 6.42 Å². The summed E-state index contributed by atoms with van der Waals surface area (Å²) in [7, 11) is 0. The summed E-state index contributed by atoms with van der Waals surface area (Å²) in [6, 6.07) is -0.432. The second-order valence-corrected chi connectivity index (χ2v) is 1.64. The van der Waals surface area contributed by atoms with Gasteiger partial charge in [0.05, 0.1) is 0 Å². The van der Waals surface area contributed by atoms with Crippen LogP contribution >= 0.6 is 13.5 Å². The number of hydrogen-bond acceptors (Lipinski definition) is 2. The molecule has 4 nitrogen and oxygen atoms in total. The molecule has 0 heterocycles. The maximum atomic E-state index is 9.99. The highest BCUT2D eigenvalue weighted by Gasteiger charge is 1.86. The Balaban J connectivity index is -0.000000245. The van der Waals surface area contributed by atoms with Crippen molar-refractivity contribution in [1.82, 2.24) is 11.5 Å². The van der Waals surface area contributed by atoms with Gasteiger partial charge >= 0.3 is 6.03 Å². The van der Waals surface area contributed by atoms with Gasteiger partial charge in [-0.1, -0.05) is 13.3 Å². The SMILES string of the molecule is CCCCNC(N)=O.N.S. The Hall–Kier alpha value is -0.420. The Morgan fingerprint density at radius 2 is 2.10 bits per heavy atom. The van der Waals surface area contributed by atoms with E-state index >= 15 is 0 Å². The first kappa shape index (κ1) is 16.3. The van der Waals surface area contributed by atoms with Crippen molar-refractivity contribution in [3.8, 4) is 0 Å². The number of hydrogen-bond donors (Lipinski definition) is 3. The highest BCUT2D eigenvalue weighted by atomic mass is 32.1. The van der Waals surface area contributed by atoms with E-state index in [1.54, 1.807) is 0 Å². The van der Waals surface area contributed by atoms with Gasteiger partial charge in [0.15, 0.2) is 0 Å². The molecule has 0 unspecified atom stereocenters. The first-order chi connectivity index (χ1) is 3.77. The van der Waals surface area contributed by atoms with E-state index in [0.29, 0.717) is 6.54 Å². The number of carbonyl (C=O) groups excluding carboxylic acids is 1. The minimum absolute atomic E-state index is 0. The molecular weight excluding hydrogens is 150 g/mol. The van der Waals surface area contributed by atoms with E-state index < -0.39 is 6.03 Å². The minimum Gasteiger partial charge on any atom is -0.352 e. The van der Waals surface area contributed by atoms with E-state index in [-0.39, 0.29) is 19.6 Å². The Bertz CT molecular complexity index is 79.3. The first-order valence-corrected chi connectivity index (χ1v) is 2.80. The maximum absolute atomic E-state index is 9.99. The largest absolute Gasteiger partial charge is 0.352 e. The number of nitrogens with one attached hydrogen (secondary N) is 1. The fourth-order valence-electron chi connectivity index (χ4n) is 0.388. The molecule has 2 amide bonds. The fourth-order valence-corrected chi connectivity index (χ4v) is 0.388. The van der Waals surface area contributed by atoms with Crippen molar-refractivity contribution in [3.63, 3.8) is 0 Å². The summed E-state index contributed by atoms with van der Waals surface area (Å²) in [6.07, 6.45) is 2.09. The summed E-state index contributed by atoms with van der Waals surface area (Å²) in [5.74, 6) is 0. The number of rotatable bonds is 3. The van der Waals surface area contributed by atoms with Crippen molar-refractivity contribution in [2.45, 2.75) is 19.8 Å².